The highest BCUT2D eigenvalue weighted by molar-refractivity contribution is 7.21. The van der Waals surface area contributed by atoms with Crippen molar-refractivity contribution in [1.29, 1.82) is 0 Å². The molecule has 0 fully saturated rings. The number of thiophene rings is 1. The van der Waals surface area contributed by atoms with E-state index in [9.17, 15) is 9.50 Å². The van der Waals surface area contributed by atoms with Crippen LogP contribution in [0.3, 0.4) is 0 Å². The molecule has 136 valence electrons. The summed E-state index contributed by atoms with van der Waals surface area (Å²) in [6.45, 7) is 0. The third-order valence-electron chi connectivity index (χ3n) is 4.33. The molecular weight excluding hydrogens is 377 g/mol. The van der Waals surface area contributed by atoms with Crippen LogP contribution in [0.25, 0.3) is 31.6 Å². The molecule has 0 radical (unpaired) electrons. The Morgan fingerprint density at radius 2 is 1.82 bits per heavy atom. The number of nitrogens with zero attached hydrogens (tertiary/aromatic N) is 4. The van der Waals surface area contributed by atoms with Crippen molar-refractivity contribution < 1.29 is 9.50 Å². The Balaban J connectivity index is 1.60. The summed E-state index contributed by atoms with van der Waals surface area (Å²) in [6, 6.07) is 16.1. The normalized spacial score (nSPS) is 11.8. The van der Waals surface area contributed by atoms with Crippen molar-refractivity contribution in [2.45, 2.75) is 0 Å². The number of halogens is 1. The van der Waals surface area contributed by atoms with E-state index in [2.05, 4.69) is 25.2 Å². The van der Waals surface area contributed by atoms with E-state index in [4.69, 9.17) is 0 Å². The fraction of sp³-hybridized carbons (Fsp3) is 0. The van der Waals surface area contributed by atoms with Gasteiger partial charge in [0.25, 0.3) is 0 Å². The van der Waals surface area contributed by atoms with E-state index in [-0.39, 0.29) is 11.6 Å². The highest BCUT2D eigenvalue weighted by Crippen LogP contribution is 2.39. The molecule has 6 nitrogen and oxygen atoms in total. The van der Waals surface area contributed by atoms with Crippen molar-refractivity contribution >= 4 is 44.0 Å². The zero-order valence-corrected chi connectivity index (χ0v) is 15.1. The number of azo groups is 1. The average Bonchev–Trinajstić information content (AvgIpc) is 3.28. The van der Waals surface area contributed by atoms with Crippen molar-refractivity contribution in [1.82, 2.24) is 15.0 Å². The van der Waals surface area contributed by atoms with Gasteiger partial charge >= 0.3 is 0 Å². The van der Waals surface area contributed by atoms with Gasteiger partial charge in [-0.3, -0.25) is 0 Å². The number of rotatable bonds is 3. The lowest BCUT2D eigenvalue weighted by Crippen LogP contribution is -1.77. The molecule has 28 heavy (non-hydrogen) atoms. The van der Waals surface area contributed by atoms with Crippen molar-refractivity contribution in [3.63, 3.8) is 0 Å². The fourth-order valence-electron chi connectivity index (χ4n) is 3.00. The van der Waals surface area contributed by atoms with Crippen molar-refractivity contribution in [3.05, 3.63) is 66.7 Å². The molecule has 2 aromatic carbocycles. The molecule has 0 bridgehead atoms. The summed E-state index contributed by atoms with van der Waals surface area (Å²) in [5.74, 6) is -0.212. The van der Waals surface area contributed by atoms with Crippen molar-refractivity contribution in [3.8, 4) is 16.3 Å². The molecule has 0 unspecified atom stereocenters. The summed E-state index contributed by atoms with van der Waals surface area (Å²) in [6.07, 6.45) is 1.43. The van der Waals surface area contributed by atoms with Gasteiger partial charge in [0.1, 0.15) is 17.0 Å². The third-order valence-corrected chi connectivity index (χ3v) is 5.42. The number of aromatic hydroxyl groups is 1. The van der Waals surface area contributed by atoms with Gasteiger partial charge < -0.3 is 10.1 Å². The SMILES string of the molecule is Oc1[nH]c2ccc(F)cc2c1N=Nc1ncnc2sc(-c3ccccc3)cc12. The minimum Gasteiger partial charge on any atom is -0.493 e. The predicted molar refractivity (Wildman–Crippen MR) is 107 cm³/mol. The molecule has 0 aliphatic rings. The second-order valence-corrected chi connectivity index (χ2v) is 7.14. The quantitative estimate of drug-likeness (QED) is 0.366. The Labute approximate surface area is 162 Å². The number of nitrogens with one attached hydrogen (secondary N) is 1. The van der Waals surface area contributed by atoms with E-state index in [0.717, 1.165) is 20.7 Å². The van der Waals surface area contributed by atoms with Gasteiger partial charge in [0.05, 0.1) is 10.9 Å². The van der Waals surface area contributed by atoms with Gasteiger partial charge in [0, 0.05) is 10.3 Å². The van der Waals surface area contributed by atoms with E-state index in [1.165, 1.54) is 35.9 Å². The van der Waals surface area contributed by atoms with Gasteiger partial charge in [0.15, 0.2) is 11.5 Å². The summed E-state index contributed by atoms with van der Waals surface area (Å²) in [5, 5.41) is 19.6. The van der Waals surface area contributed by atoms with Gasteiger partial charge in [-0.25, -0.2) is 14.4 Å². The number of fused-ring (bicyclic) bond motifs is 2. The molecule has 5 aromatic rings. The average molecular weight is 389 g/mol. The monoisotopic (exact) mass is 389 g/mol. The lowest BCUT2D eigenvalue weighted by molar-refractivity contribution is 0.459. The Bertz CT molecular complexity index is 1340. The molecule has 0 aliphatic heterocycles. The van der Waals surface area contributed by atoms with Crippen LogP contribution in [0.5, 0.6) is 5.88 Å². The van der Waals surface area contributed by atoms with Crippen LogP contribution < -0.4 is 0 Å². The summed E-state index contributed by atoms with van der Waals surface area (Å²) in [4.78, 5) is 13.1. The summed E-state index contributed by atoms with van der Waals surface area (Å²) < 4.78 is 13.6. The van der Waals surface area contributed by atoms with E-state index >= 15 is 0 Å². The molecule has 3 aromatic heterocycles. The van der Waals surface area contributed by atoms with Gasteiger partial charge in [-0.1, -0.05) is 30.3 Å². The second-order valence-electron chi connectivity index (χ2n) is 6.10. The van der Waals surface area contributed by atoms with Gasteiger partial charge in [0.2, 0.25) is 5.88 Å². The van der Waals surface area contributed by atoms with Crippen LogP contribution in [0, 0.1) is 5.82 Å². The molecule has 0 spiro atoms. The standard InChI is InChI=1S/C20H12FN5OS/c21-12-6-7-15-13(8-12)17(19(27)24-15)25-26-18-14-9-16(11-4-2-1-3-5-11)28-20(14)23-10-22-18/h1-10,24,27H. The lowest BCUT2D eigenvalue weighted by Gasteiger charge is -1.95. The van der Waals surface area contributed by atoms with E-state index in [1.54, 1.807) is 0 Å². The first-order valence-electron chi connectivity index (χ1n) is 8.41. The smallest absolute Gasteiger partial charge is 0.218 e. The van der Waals surface area contributed by atoms with Crippen LogP contribution >= 0.6 is 11.3 Å². The first-order chi connectivity index (χ1) is 13.7. The molecule has 5 rings (SSSR count). The summed E-state index contributed by atoms with van der Waals surface area (Å²) in [5.41, 5.74) is 1.82. The number of aromatic amines is 1. The molecular formula is C20H12FN5OS. The highest BCUT2D eigenvalue weighted by Gasteiger charge is 2.13. The topological polar surface area (TPSA) is 86.5 Å². The Morgan fingerprint density at radius 3 is 2.68 bits per heavy atom. The van der Waals surface area contributed by atoms with Crippen LogP contribution in [0.2, 0.25) is 0 Å². The van der Waals surface area contributed by atoms with Crippen LogP contribution in [0.4, 0.5) is 15.9 Å². The summed E-state index contributed by atoms with van der Waals surface area (Å²) >= 11 is 1.54. The van der Waals surface area contributed by atoms with Gasteiger partial charge in [-0.2, -0.15) is 0 Å². The molecule has 0 aliphatic carbocycles. The lowest BCUT2D eigenvalue weighted by atomic mass is 10.2. The Morgan fingerprint density at radius 1 is 0.964 bits per heavy atom. The maximum atomic E-state index is 13.6. The Kier molecular flexibility index (Phi) is 3.84. The maximum Gasteiger partial charge on any atom is 0.218 e. The van der Waals surface area contributed by atoms with Crippen LogP contribution in [0.1, 0.15) is 0 Å². The first kappa shape index (κ1) is 16.5. The van der Waals surface area contributed by atoms with Crippen LogP contribution in [0.15, 0.2) is 71.2 Å². The van der Waals surface area contributed by atoms with Gasteiger partial charge in [-0.15, -0.1) is 21.6 Å². The molecule has 0 saturated heterocycles. The Hall–Kier alpha value is -3.65. The first-order valence-corrected chi connectivity index (χ1v) is 9.22. The molecule has 0 saturated carbocycles. The molecule has 2 N–H and O–H groups in total. The van der Waals surface area contributed by atoms with Crippen molar-refractivity contribution in [2.75, 3.05) is 0 Å². The zero-order chi connectivity index (χ0) is 19.1. The number of aromatic nitrogens is 3. The molecule has 0 atom stereocenters. The predicted octanol–water partition coefficient (Wildman–Crippen LogP) is 6.10. The van der Waals surface area contributed by atoms with Crippen LogP contribution in [-0.4, -0.2) is 20.1 Å². The summed E-state index contributed by atoms with van der Waals surface area (Å²) in [7, 11) is 0. The molecule has 0 amide bonds. The maximum absolute atomic E-state index is 13.6. The van der Waals surface area contributed by atoms with Crippen LogP contribution in [-0.2, 0) is 0 Å². The largest absolute Gasteiger partial charge is 0.493 e. The minimum atomic E-state index is -0.419. The zero-order valence-electron chi connectivity index (χ0n) is 14.3. The van der Waals surface area contributed by atoms with E-state index in [1.807, 2.05) is 36.4 Å². The van der Waals surface area contributed by atoms with Gasteiger partial charge in [-0.05, 0) is 29.8 Å². The minimum absolute atomic E-state index is 0.166. The molecule has 3 heterocycles. The number of H-pyrrole nitrogens is 1. The fourth-order valence-corrected chi connectivity index (χ4v) is 4.00. The molecule has 8 heteroatoms. The number of hydrogen-bond donors (Lipinski definition) is 2. The second kappa shape index (κ2) is 6.50. The number of benzene rings is 2. The third kappa shape index (κ3) is 2.80. The van der Waals surface area contributed by atoms with E-state index < -0.39 is 5.82 Å². The highest BCUT2D eigenvalue weighted by atomic mass is 32.1. The van der Waals surface area contributed by atoms with Crippen molar-refractivity contribution in [2.24, 2.45) is 10.2 Å². The number of hydrogen-bond acceptors (Lipinski definition) is 6. The van der Waals surface area contributed by atoms with E-state index in [0.29, 0.717) is 16.7 Å².